The summed E-state index contributed by atoms with van der Waals surface area (Å²) >= 11 is 0. The Morgan fingerprint density at radius 2 is 2.14 bits per heavy atom. The lowest BCUT2D eigenvalue weighted by molar-refractivity contribution is -0.0662. The van der Waals surface area contributed by atoms with Gasteiger partial charge in [0, 0.05) is 5.22 Å². The number of rotatable bonds is 2. The van der Waals surface area contributed by atoms with E-state index in [2.05, 4.69) is 20.0 Å². The quantitative estimate of drug-likeness (QED) is 0.498. The van der Waals surface area contributed by atoms with Crippen molar-refractivity contribution in [2.75, 3.05) is 5.23 Å². The summed E-state index contributed by atoms with van der Waals surface area (Å²) in [4.78, 5) is 8.32. The summed E-state index contributed by atoms with van der Waals surface area (Å²) in [6.45, 7) is 0. The molecule has 0 fully saturated rings. The smallest absolute Gasteiger partial charge is 0.341 e. The number of phenolic OH excluding ortho intramolecular Hbond substituents is 1. The fourth-order valence-corrected chi connectivity index (χ4v) is 1.76. The van der Waals surface area contributed by atoms with Crippen molar-refractivity contribution in [1.29, 1.82) is 0 Å². The van der Waals surface area contributed by atoms with E-state index in [1.165, 1.54) is 12.4 Å². The van der Waals surface area contributed by atoms with E-state index in [0.717, 1.165) is 0 Å². The van der Waals surface area contributed by atoms with Gasteiger partial charge in [0.1, 0.15) is 28.0 Å². The molecule has 1 N–H and O–H groups in total. The average molecular weight is 282 g/mol. The predicted molar refractivity (Wildman–Crippen MR) is 74.6 cm³/mol. The van der Waals surface area contributed by atoms with Crippen molar-refractivity contribution in [2.24, 2.45) is 10.3 Å². The van der Waals surface area contributed by atoms with Crippen LogP contribution in [0.5, 0.6) is 5.75 Å². The summed E-state index contributed by atoms with van der Waals surface area (Å²) < 4.78 is 0. The molecule has 0 atom stereocenters. The Morgan fingerprint density at radius 1 is 1.29 bits per heavy atom. The van der Waals surface area contributed by atoms with Crippen molar-refractivity contribution in [3.8, 4) is 5.75 Å². The molecule has 0 aromatic heterocycles. The number of anilines is 1. The highest BCUT2D eigenvalue weighted by Gasteiger charge is 2.06. The normalized spacial score (nSPS) is 13.0. The maximum Gasteiger partial charge on any atom is 0.341 e. The van der Waals surface area contributed by atoms with Crippen molar-refractivity contribution in [3.63, 3.8) is 0 Å². The Morgan fingerprint density at radius 3 is 3.00 bits per heavy atom. The van der Waals surface area contributed by atoms with Crippen molar-refractivity contribution < 1.29 is 14.8 Å². The zero-order chi connectivity index (χ0) is 14.7. The van der Waals surface area contributed by atoms with Crippen molar-refractivity contribution in [3.05, 3.63) is 63.8 Å². The summed E-state index contributed by atoms with van der Waals surface area (Å²) in [5.41, 5.74) is 0.894. The average Bonchev–Trinajstić information content (AvgIpc) is 2.86. The zero-order valence-corrected chi connectivity index (χ0v) is 10.7. The van der Waals surface area contributed by atoms with Crippen LogP contribution in [0.25, 0.3) is 6.20 Å². The lowest BCUT2D eigenvalue weighted by Crippen LogP contribution is -2.15. The fraction of sp³-hybridized carbons (Fsp3) is 0. The molecule has 1 aliphatic heterocycles. The lowest BCUT2D eigenvalue weighted by atomic mass is 10.2. The van der Waals surface area contributed by atoms with E-state index in [4.69, 9.17) is 0 Å². The van der Waals surface area contributed by atoms with Crippen LogP contribution >= 0.6 is 0 Å². The SMILES string of the molecule is [O-]N1ON=c2cc/c(=C\N=[N+]=Cc3ccccc3O)cc21. The monoisotopic (exact) mass is 282 g/mol. The predicted octanol–water partition coefficient (Wildman–Crippen LogP) is 0.694. The Labute approximate surface area is 119 Å². The van der Waals surface area contributed by atoms with Crippen LogP contribution in [-0.4, -0.2) is 16.1 Å². The molecule has 0 radical (unpaired) electrons. The van der Waals surface area contributed by atoms with Gasteiger partial charge in [-0.2, -0.15) is 0 Å². The third kappa shape index (κ3) is 2.74. The van der Waals surface area contributed by atoms with Gasteiger partial charge in [0.25, 0.3) is 0 Å². The first-order valence-electron chi connectivity index (χ1n) is 6.08. The molecule has 104 valence electrons. The topological polar surface area (TPSA) is 94.6 Å². The molecule has 3 rings (SSSR count). The second-order valence-electron chi connectivity index (χ2n) is 4.23. The first-order chi connectivity index (χ1) is 10.2. The Hall–Kier alpha value is -3.15. The molecule has 7 heteroatoms. The third-order valence-electron chi connectivity index (χ3n) is 2.82. The maximum atomic E-state index is 11.3. The molecule has 2 aromatic carbocycles. The van der Waals surface area contributed by atoms with Gasteiger partial charge >= 0.3 is 6.21 Å². The third-order valence-corrected chi connectivity index (χ3v) is 2.82. The Kier molecular flexibility index (Phi) is 3.34. The molecule has 2 aromatic rings. The van der Waals surface area contributed by atoms with Gasteiger partial charge in [-0.15, -0.1) is 0 Å². The summed E-state index contributed by atoms with van der Waals surface area (Å²) in [5, 5.41) is 29.8. The molecule has 0 amide bonds. The minimum Gasteiger partial charge on any atom is -0.722 e. The summed E-state index contributed by atoms with van der Waals surface area (Å²) in [7, 11) is 0. The Balaban J connectivity index is 1.87. The largest absolute Gasteiger partial charge is 0.722 e. The van der Waals surface area contributed by atoms with Crippen LogP contribution in [-0.2, 0) is 4.94 Å². The van der Waals surface area contributed by atoms with E-state index >= 15 is 0 Å². The van der Waals surface area contributed by atoms with Crippen LogP contribution in [0.2, 0.25) is 0 Å². The summed E-state index contributed by atoms with van der Waals surface area (Å²) in [6.07, 6.45) is 2.93. The second kappa shape index (κ2) is 5.46. The second-order valence-corrected chi connectivity index (χ2v) is 4.23. The summed E-state index contributed by atoms with van der Waals surface area (Å²) in [6, 6.07) is 11.8. The standard InChI is InChI=1S/C14H9N4O3/c19-14-4-2-1-3-11(14)9-16-15-8-10-5-6-12-13(7-10)18(20)21-17-12/h1-9H/q-1/p+1/b10-8+. The maximum absolute atomic E-state index is 11.3. The van der Waals surface area contributed by atoms with E-state index in [-0.39, 0.29) is 5.75 Å². The van der Waals surface area contributed by atoms with Gasteiger partial charge in [-0.1, -0.05) is 23.4 Å². The van der Waals surface area contributed by atoms with E-state index in [1.54, 1.807) is 42.5 Å². The van der Waals surface area contributed by atoms with Crippen LogP contribution in [0.1, 0.15) is 5.56 Å². The molecule has 7 nitrogen and oxygen atoms in total. The number of aromatic hydroxyl groups is 1. The van der Waals surface area contributed by atoms with Gasteiger partial charge in [0.15, 0.2) is 0 Å². The highest BCUT2D eigenvalue weighted by atomic mass is 17.0. The number of phenols is 1. The zero-order valence-electron chi connectivity index (χ0n) is 10.7. The van der Waals surface area contributed by atoms with Crippen LogP contribution in [0.15, 0.2) is 52.7 Å². The number of para-hydroxylation sites is 1. The van der Waals surface area contributed by atoms with Gasteiger partial charge in [-0.3, -0.25) is 4.94 Å². The number of hydrogen-bond acceptors (Lipinski definition) is 6. The number of hydrogen-bond donors (Lipinski definition) is 1. The number of benzene rings is 2. The molecule has 0 saturated heterocycles. The minimum atomic E-state index is 0.134. The molecular formula is C14H10N4O3. The van der Waals surface area contributed by atoms with Crippen LogP contribution in [0, 0.1) is 5.21 Å². The van der Waals surface area contributed by atoms with Gasteiger partial charge in [-0.25, -0.2) is 5.23 Å². The molecule has 21 heavy (non-hydrogen) atoms. The van der Waals surface area contributed by atoms with Crippen LogP contribution < -0.4 is 15.8 Å². The molecule has 1 aliphatic rings. The number of nitrogens with zero attached hydrogens (tertiary/aromatic N) is 4. The summed E-state index contributed by atoms with van der Waals surface area (Å²) in [5.74, 6) is 0.134. The van der Waals surface area contributed by atoms with E-state index in [9.17, 15) is 10.3 Å². The molecule has 0 spiro atoms. The first kappa shape index (κ1) is 12.9. The van der Waals surface area contributed by atoms with Gasteiger partial charge in [0.05, 0.1) is 10.5 Å². The number of fused-ring (bicyclic) bond motifs is 1. The molecular weight excluding hydrogens is 272 g/mol. The highest BCUT2D eigenvalue weighted by Crippen LogP contribution is 2.12. The molecule has 0 aliphatic carbocycles. The molecule has 0 bridgehead atoms. The van der Waals surface area contributed by atoms with Gasteiger partial charge < -0.3 is 10.3 Å². The minimum absolute atomic E-state index is 0.134. The Bertz CT molecular complexity index is 857. The van der Waals surface area contributed by atoms with Gasteiger partial charge in [0.2, 0.25) is 0 Å². The van der Waals surface area contributed by atoms with Crippen molar-refractivity contribution in [2.45, 2.75) is 0 Å². The lowest BCUT2D eigenvalue weighted by Gasteiger charge is -2.19. The van der Waals surface area contributed by atoms with Crippen LogP contribution in [0.3, 0.4) is 0 Å². The molecule has 0 unspecified atom stereocenters. The van der Waals surface area contributed by atoms with E-state index in [1.807, 2.05) is 0 Å². The first-order valence-corrected chi connectivity index (χ1v) is 6.08. The van der Waals surface area contributed by atoms with E-state index in [0.29, 0.717) is 27.1 Å². The molecule has 1 heterocycles. The van der Waals surface area contributed by atoms with Crippen LogP contribution in [0.4, 0.5) is 5.69 Å². The van der Waals surface area contributed by atoms with Crippen molar-refractivity contribution in [1.82, 2.24) is 0 Å². The molecule has 0 saturated carbocycles. The van der Waals surface area contributed by atoms with Crippen molar-refractivity contribution >= 4 is 18.1 Å². The highest BCUT2D eigenvalue weighted by molar-refractivity contribution is 5.78. The van der Waals surface area contributed by atoms with E-state index < -0.39 is 0 Å². The van der Waals surface area contributed by atoms with Gasteiger partial charge in [-0.05, 0) is 24.3 Å². The fourth-order valence-electron chi connectivity index (χ4n) is 1.76.